The van der Waals surface area contributed by atoms with E-state index in [9.17, 15) is 10.2 Å². The Morgan fingerprint density at radius 3 is 2.57 bits per heavy atom. The van der Waals surface area contributed by atoms with Crippen molar-refractivity contribution in [2.24, 2.45) is 0 Å². The molecule has 4 heteroatoms. The summed E-state index contributed by atoms with van der Waals surface area (Å²) in [4.78, 5) is 0. The van der Waals surface area contributed by atoms with Gasteiger partial charge in [-0.25, -0.2) is 0 Å². The van der Waals surface area contributed by atoms with Gasteiger partial charge in [-0.2, -0.15) is 0 Å². The third kappa shape index (κ3) is 2.68. The molecule has 0 unspecified atom stereocenters. The van der Waals surface area contributed by atoms with E-state index >= 15 is 0 Å². The molecule has 1 heterocycles. The molecule has 0 amide bonds. The summed E-state index contributed by atoms with van der Waals surface area (Å²) in [6.07, 6.45) is -1.46. The van der Waals surface area contributed by atoms with E-state index in [1.807, 2.05) is 43.3 Å². The number of halogens is 1. The molecule has 1 aromatic heterocycles. The van der Waals surface area contributed by atoms with Gasteiger partial charge >= 0.3 is 0 Å². The number of benzene rings is 2. The van der Waals surface area contributed by atoms with Gasteiger partial charge in [0.25, 0.3) is 0 Å². The Kier molecular flexibility index (Phi) is 3.72. The van der Waals surface area contributed by atoms with Crippen molar-refractivity contribution in [1.29, 1.82) is 0 Å². The van der Waals surface area contributed by atoms with Crippen LogP contribution in [-0.2, 0) is 6.54 Å². The van der Waals surface area contributed by atoms with Gasteiger partial charge in [0.1, 0.15) is 0 Å². The Bertz CT molecular complexity index is 793. The van der Waals surface area contributed by atoms with E-state index in [0.29, 0.717) is 12.1 Å². The van der Waals surface area contributed by atoms with Crippen molar-refractivity contribution in [3.05, 3.63) is 70.4 Å². The highest BCUT2D eigenvalue weighted by molar-refractivity contribution is 6.31. The fraction of sp³-hybridized carbons (Fsp3) is 0.176. The molecule has 0 aliphatic heterocycles. The van der Waals surface area contributed by atoms with Crippen molar-refractivity contribution in [3.63, 3.8) is 0 Å². The smallest absolute Gasteiger partial charge is 0.178 e. The molecule has 0 saturated heterocycles. The van der Waals surface area contributed by atoms with Gasteiger partial charge in [0.15, 0.2) is 6.29 Å². The maximum absolute atomic E-state index is 9.34. The van der Waals surface area contributed by atoms with Gasteiger partial charge in [0.2, 0.25) is 0 Å². The van der Waals surface area contributed by atoms with Crippen LogP contribution in [0.4, 0.5) is 0 Å². The standard InChI is InChI=1S/C17H16ClNO2/c1-11-8-12-6-7-13(17(20)21)9-16(12)19(11)10-14-4-2-3-5-15(14)18/h2-9,17,20-21H,10H2,1H3. The van der Waals surface area contributed by atoms with Gasteiger partial charge in [-0.1, -0.05) is 41.9 Å². The number of hydrogen-bond donors (Lipinski definition) is 2. The monoisotopic (exact) mass is 301 g/mol. The van der Waals surface area contributed by atoms with Gasteiger partial charge in [-0.05, 0) is 36.1 Å². The third-order valence-corrected chi connectivity index (χ3v) is 4.09. The molecule has 0 radical (unpaired) electrons. The first kappa shape index (κ1) is 14.1. The van der Waals surface area contributed by atoms with Crippen LogP contribution in [0.25, 0.3) is 10.9 Å². The second kappa shape index (κ2) is 5.53. The first-order valence-electron chi connectivity index (χ1n) is 6.75. The zero-order valence-corrected chi connectivity index (χ0v) is 12.4. The van der Waals surface area contributed by atoms with Gasteiger partial charge in [-0.15, -0.1) is 0 Å². The largest absolute Gasteiger partial charge is 0.364 e. The van der Waals surface area contributed by atoms with Crippen LogP contribution in [0.2, 0.25) is 5.02 Å². The lowest BCUT2D eigenvalue weighted by Gasteiger charge is -2.11. The van der Waals surface area contributed by atoms with Crippen molar-refractivity contribution in [2.75, 3.05) is 0 Å². The summed E-state index contributed by atoms with van der Waals surface area (Å²) in [6.45, 7) is 2.69. The molecule has 108 valence electrons. The fourth-order valence-corrected chi connectivity index (χ4v) is 2.77. The molecule has 0 atom stereocenters. The topological polar surface area (TPSA) is 45.4 Å². The second-order valence-electron chi connectivity index (χ2n) is 5.16. The van der Waals surface area contributed by atoms with Gasteiger partial charge in [0, 0.05) is 28.3 Å². The average Bonchev–Trinajstić information content (AvgIpc) is 2.76. The third-order valence-electron chi connectivity index (χ3n) is 3.72. The van der Waals surface area contributed by atoms with E-state index in [4.69, 9.17) is 11.6 Å². The van der Waals surface area contributed by atoms with Gasteiger partial charge in [-0.3, -0.25) is 0 Å². The highest BCUT2D eigenvalue weighted by Gasteiger charge is 2.10. The summed E-state index contributed by atoms with van der Waals surface area (Å²) in [6, 6.07) is 15.3. The van der Waals surface area contributed by atoms with E-state index in [0.717, 1.165) is 27.2 Å². The van der Waals surface area contributed by atoms with Crippen molar-refractivity contribution in [3.8, 4) is 0 Å². The number of nitrogens with zero attached hydrogens (tertiary/aromatic N) is 1. The van der Waals surface area contributed by atoms with Gasteiger partial charge in [0.05, 0.1) is 0 Å². The van der Waals surface area contributed by atoms with Crippen molar-refractivity contribution in [1.82, 2.24) is 4.57 Å². The molecular weight excluding hydrogens is 286 g/mol. The molecule has 21 heavy (non-hydrogen) atoms. The number of aliphatic hydroxyl groups excluding tert-OH is 1. The number of aromatic nitrogens is 1. The Morgan fingerprint density at radius 2 is 1.86 bits per heavy atom. The predicted octanol–water partition coefficient (Wildman–Crippen LogP) is 3.63. The number of fused-ring (bicyclic) bond motifs is 1. The van der Waals surface area contributed by atoms with Crippen LogP contribution in [0.15, 0.2) is 48.5 Å². The van der Waals surface area contributed by atoms with E-state index in [1.165, 1.54) is 0 Å². The van der Waals surface area contributed by atoms with Crippen LogP contribution < -0.4 is 0 Å². The maximum atomic E-state index is 9.34. The molecule has 0 fully saturated rings. The van der Waals surface area contributed by atoms with Crippen LogP contribution >= 0.6 is 11.6 Å². The number of aliphatic hydroxyl groups is 2. The van der Waals surface area contributed by atoms with Crippen LogP contribution in [0.5, 0.6) is 0 Å². The molecule has 0 spiro atoms. The van der Waals surface area contributed by atoms with Crippen LogP contribution in [0, 0.1) is 6.92 Å². The Labute approximate surface area is 128 Å². The Hall–Kier alpha value is -1.81. The summed E-state index contributed by atoms with van der Waals surface area (Å²) in [5.41, 5.74) is 3.60. The number of hydrogen-bond acceptors (Lipinski definition) is 2. The average molecular weight is 302 g/mol. The molecule has 3 nitrogen and oxygen atoms in total. The molecule has 0 aliphatic rings. The van der Waals surface area contributed by atoms with Crippen LogP contribution in [0.3, 0.4) is 0 Å². The van der Waals surface area contributed by atoms with Gasteiger partial charge < -0.3 is 14.8 Å². The first-order chi connectivity index (χ1) is 10.1. The first-order valence-corrected chi connectivity index (χ1v) is 7.13. The van der Waals surface area contributed by atoms with Crippen molar-refractivity contribution in [2.45, 2.75) is 19.8 Å². The van der Waals surface area contributed by atoms with Crippen molar-refractivity contribution < 1.29 is 10.2 Å². The summed E-state index contributed by atoms with van der Waals surface area (Å²) < 4.78 is 2.13. The molecule has 2 N–H and O–H groups in total. The molecule has 0 bridgehead atoms. The molecule has 3 rings (SSSR count). The zero-order valence-electron chi connectivity index (χ0n) is 11.6. The minimum atomic E-state index is -1.46. The summed E-state index contributed by atoms with van der Waals surface area (Å²) >= 11 is 6.23. The number of rotatable bonds is 3. The number of aryl methyl sites for hydroxylation is 1. The quantitative estimate of drug-likeness (QED) is 0.726. The highest BCUT2D eigenvalue weighted by Crippen LogP contribution is 2.25. The lowest BCUT2D eigenvalue weighted by molar-refractivity contribution is -0.0424. The normalized spacial score (nSPS) is 11.5. The Morgan fingerprint density at radius 1 is 1.10 bits per heavy atom. The van der Waals surface area contributed by atoms with E-state index in [1.54, 1.807) is 6.07 Å². The van der Waals surface area contributed by atoms with E-state index in [2.05, 4.69) is 10.6 Å². The Balaban J connectivity index is 2.11. The summed E-state index contributed by atoms with van der Waals surface area (Å²) in [5.74, 6) is 0. The lowest BCUT2D eigenvalue weighted by atomic mass is 10.1. The molecule has 3 aromatic rings. The van der Waals surface area contributed by atoms with E-state index in [-0.39, 0.29) is 0 Å². The minimum absolute atomic E-state index is 0.487. The molecule has 2 aromatic carbocycles. The van der Waals surface area contributed by atoms with Crippen LogP contribution in [-0.4, -0.2) is 14.8 Å². The molecule has 0 saturated carbocycles. The maximum Gasteiger partial charge on any atom is 0.178 e. The van der Waals surface area contributed by atoms with E-state index < -0.39 is 6.29 Å². The second-order valence-corrected chi connectivity index (χ2v) is 5.56. The summed E-state index contributed by atoms with van der Waals surface area (Å²) in [7, 11) is 0. The highest BCUT2D eigenvalue weighted by atomic mass is 35.5. The van der Waals surface area contributed by atoms with Crippen LogP contribution in [0.1, 0.15) is 23.1 Å². The predicted molar refractivity (Wildman–Crippen MR) is 84.4 cm³/mol. The lowest BCUT2D eigenvalue weighted by Crippen LogP contribution is -2.03. The zero-order chi connectivity index (χ0) is 15.0. The summed E-state index contributed by atoms with van der Waals surface area (Å²) in [5, 5.41) is 20.5. The SMILES string of the molecule is Cc1cc2ccc(C(O)O)cc2n1Cc1ccccc1Cl. The fourth-order valence-electron chi connectivity index (χ4n) is 2.58. The minimum Gasteiger partial charge on any atom is -0.364 e. The van der Waals surface area contributed by atoms with Crippen molar-refractivity contribution >= 4 is 22.5 Å². The molecule has 0 aliphatic carbocycles. The molecular formula is C17H16ClNO2.